The summed E-state index contributed by atoms with van der Waals surface area (Å²) < 4.78 is 9.90. The minimum Gasteiger partial charge on any atom is -0.494 e. The molecule has 0 heterocycles. The molecule has 0 saturated heterocycles. The van der Waals surface area contributed by atoms with E-state index in [1.54, 1.807) is 7.11 Å². The SMILES string of the molecule is COCCCNC(=O)c1cc(Cl)c(OC)c(Cl)c1. The molecule has 18 heavy (non-hydrogen) atoms. The molecule has 1 amide bonds. The van der Waals surface area contributed by atoms with Crippen molar-refractivity contribution < 1.29 is 14.3 Å². The second-order valence-corrected chi connectivity index (χ2v) is 4.39. The number of carbonyl (C=O) groups is 1. The third kappa shape index (κ3) is 4.05. The maximum absolute atomic E-state index is 11.8. The molecule has 0 aromatic heterocycles. The fourth-order valence-electron chi connectivity index (χ4n) is 1.41. The van der Waals surface area contributed by atoms with Crippen LogP contribution in [-0.2, 0) is 4.74 Å². The van der Waals surface area contributed by atoms with Crippen LogP contribution in [-0.4, -0.2) is 33.3 Å². The van der Waals surface area contributed by atoms with Gasteiger partial charge in [0.1, 0.15) is 0 Å². The van der Waals surface area contributed by atoms with Crippen LogP contribution in [0.2, 0.25) is 10.0 Å². The Morgan fingerprint density at radius 3 is 2.39 bits per heavy atom. The van der Waals surface area contributed by atoms with Gasteiger partial charge in [-0.25, -0.2) is 0 Å². The van der Waals surface area contributed by atoms with E-state index in [0.717, 1.165) is 6.42 Å². The van der Waals surface area contributed by atoms with Crippen molar-refractivity contribution in [3.05, 3.63) is 27.7 Å². The van der Waals surface area contributed by atoms with Gasteiger partial charge in [0.05, 0.1) is 17.2 Å². The molecule has 1 rings (SSSR count). The van der Waals surface area contributed by atoms with Gasteiger partial charge < -0.3 is 14.8 Å². The van der Waals surface area contributed by atoms with Crippen molar-refractivity contribution in [3.8, 4) is 5.75 Å². The molecule has 0 aliphatic rings. The number of halogens is 2. The van der Waals surface area contributed by atoms with E-state index in [1.807, 2.05) is 0 Å². The Bertz CT molecular complexity index is 401. The third-order valence-corrected chi connectivity index (χ3v) is 2.84. The second kappa shape index (κ2) is 7.46. The summed E-state index contributed by atoms with van der Waals surface area (Å²) in [5.74, 6) is 0.145. The predicted octanol–water partition coefficient (Wildman–Crippen LogP) is 2.77. The van der Waals surface area contributed by atoms with Gasteiger partial charge in [0.25, 0.3) is 5.91 Å². The Kier molecular flexibility index (Phi) is 6.25. The molecule has 0 atom stereocenters. The molecule has 1 N–H and O–H groups in total. The Morgan fingerprint density at radius 2 is 1.89 bits per heavy atom. The maximum atomic E-state index is 11.8. The highest BCUT2D eigenvalue weighted by Crippen LogP contribution is 2.33. The van der Waals surface area contributed by atoms with E-state index in [-0.39, 0.29) is 5.91 Å². The first-order valence-corrected chi connectivity index (χ1v) is 6.16. The number of nitrogens with one attached hydrogen (secondary N) is 1. The number of hydrogen-bond acceptors (Lipinski definition) is 3. The van der Waals surface area contributed by atoms with Gasteiger partial charge >= 0.3 is 0 Å². The van der Waals surface area contributed by atoms with E-state index in [0.29, 0.717) is 34.5 Å². The van der Waals surface area contributed by atoms with Gasteiger partial charge in [0, 0.05) is 25.8 Å². The summed E-state index contributed by atoms with van der Waals surface area (Å²) in [6.45, 7) is 1.14. The average molecular weight is 292 g/mol. The standard InChI is InChI=1S/C12H15Cl2NO3/c1-17-5-3-4-15-12(16)8-6-9(13)11(18-2)10(14)7-8/h6-7H,3-5H2,1-2H3,(H,15,16). The molecule has 1 aromatic carbocycles. The zero-order valence-corrected chi connectivity index (χ0v) is 11.8. The first-order valence-electron chi connectivity index (χ1n) is 5.40. The highest BCUT2D eigenvalue weighted by molar-refractivity contribution is 6.37. The molecule has 4 nitrogen and oxygen atoms in total. The van der Waals surface area contributed by atoms with Gasteiger partial charge in [0.15, 0.2) is 5.75 Å². The molecule has 6 heteroatoms. The van der Waals surface area contributed by atoms with E-state index in [4.69, 9.17) is 32.7 Å². The van der Waals surface area contributed by atoms with Crippen molar-refractivity contribution in [1.82, 2.24) is 5.32 Å². The lowest BCUT2D eigenvalue weighted by molar-refractivity contribution is 0.0948. The van der Waals surface area contributed by atoms with Crippen molar-refractivity contribution in [2.75, 3.05) is 27.4 Å². The van der Waals surface area contributed by atoms with Crippen molar-refractivity contribution >= 4 is 29.1 Å². The number of hydrogen-bond donors (Lipinski definition) is 1. The van der Waals surface area contributed by atoms with Crippen LogP contribution < -0.4 is 10.1 Å². The van der Waals surface area contributed by atoms with Crippen LogP contribution in [0.1, 0.15) is 16.8 Å². The maximum Gasteiger partial charge on any atom is 0.251 e. The van der Waals surface area contributed by atoms with E-state index in [9.17, 15) is 4.79 Å². The summed E-state index contributed by atoms with van der Waals surface area (Å²) in [6.07, 6.45) is 0.750. The Labute approximate surface area is 116 Å². The van der Waals surface area contributed by atoms with Crippen LogP contribution in [0.3, 0.4) is 0 Å². The first-order chi connectivity index (χ1) is 8.60. The van der Waals surface area contributed by atoms with E-state index in [1.165, 1.54) is 19.2 Å². The number of benzene rings is 1. The lowest BCUT2D eigenvalue weighted by atomic mass is 10.2. The summed E-state index contributed by atoms with van der Waals surface area (Å²) in [7, 11) is 3.09. The third-order valence-electron chi connectivity index (χ3n) is 2.28. The zero-order chi connectivity index (χ0) is 13.5. The normalized spacial score (nSPS) is 10.2. The summed E-state index contributed by atoms with van der Waals surface area (Å²) in [5.41, 5.74) is 0.406. The molecule has 0 spiro atoms. The Hall–Kier alpha value is -0.970. The van der Waals surface area contributed by atoms with Gasteiger partial charge in [-0.3, -0.25) is 4.79 Å². The largest absolute Gasteiger partial charge is 0.494 e. The minimum absolute atomic E-state index is 0.224. The predicted molar refractivity (Wildman–Crippen MR) is 71.8 cm³/mol. The summed E-state index contributed by atoms with van der Waals surface area (Å²) >= 11 is 11.9. The molecule has 0 fully saturated rings. The van der Waals surface area contributed by atoms with Crippen molar-refractivity contribution in [2.24, 2.45) is 0 Å². The summed E-state index contributed by atoms with van der Waals surface area (Å²) in [4.78, 5) is 11.8. The van der Waals surface area contributed by atoms with Crippen molar-refractivity contribution in [1.29, 1.82) is 0 Å². The molecule has 0 radical (unpaired) electrons. The first kappa shape index (κ1) is 15.1. The molecule has 0 bridgehead atoms. The molecule has 1 aromatic rings. The highest BCUT2D eigenvalue weighted by Gasteiger charge is 2.12. The number of methoxy groups -OCH3 is 2. The van der Waals surface area contributed by atoms with Crippen LogP contribution >= 0.6 is 23.2 Å². The Morgan fingerprint density at radius 1 is 1.28 bits per heavy atom. The minimum atomic E-state index is -0.224. The topological polar surface area (TPSA) is 47.6 Å². The van der Waals surface area contributed by atoms with E-state index in [2.05, 4.69) is 5.32 Å². The van der Waals surface area contributed by atoms with Crippen LogP contribution in [0, 0.1) is 0 Å². The molecular formula is C12H15Cl2NO3. The second-order valence-electron chi connectivity index (χ2n) is 3.58. The smallest absolute Gasteiger partial charge is 0.251 e. The van der Waals surface area contributed by atoms with Gasteiger partial charge in [-0.05, 0) is 18.6 Å². The molecule has 0 saturated carbocycles. The fraction of sp³-hybridized carbons (Fsp3) is 0.417. The van der Waals surface area contributed by atoms with Gasteiger partial charge in [-0.1, -0.05) is 23.2 Å². The van der Waals surface area contributed by atoms with Crippen LogP contribution in [0.4, 0.5) is 0 Å². The van der Waals surface area contributed by atoms with Gasteiger partial charge in [-0.15, -0.1) is 0 Å². The van der Waals surface area contributed by atoms with Crippen LogP contribution in [0.5, 0.6) is 5.75 Å². The summed E-state index contributed by atoms with van der Waals surface area (Å²) in [6, 6.07) is 3.05. The van der Waals surface area contributed by atoms with Gasteiger partial charge in [0.2, 0.25) is 0 Å². The quantitative estimate of drug-likeness (QED) is 0.820. The van der Waals surface area contributed by atoms with Crippen LogP contribution in [0.25, 0.3) is 0 Å². The van der Waals surface area contributed by atoms with Crippen molar-refractivity contribution in [2.45, 2.75) is 6.42 Å². The number of carbonyl (C=O) groups excluding carboxylic acids is 1. The lowest BCUT2D eigenvalue weighted by Gasteiger charge is -2.09. The van der Waals surface area contributed by atoms with E-state index >= 15 is 0 Å². The molecule has 0 aliphatic carbocycles. The van der Waals surface area contributed by atoms with Crippen molar-refractivity contribution in [3.63, 3.8) is 0 Å². The van der Waals surface area contributed by atoms with Crippen LogP contribution in [0.15, 0.2) is 12.1 Å². The number of rotatable bonds is 6. The molecular weight excluding hydrogens is 277 g/mol. The average Bonchev–Trinajstić information content (AvgIpc) is 2.34. The number of ether oxygens (including phenoxy) is 2. The Balaban J connectivity index is 2.69. The summed E-state index contributed by atoms with van der Waals surface area (Å²) in [5, 5.41) is 3.37. The molecule has 0 unspecified atom stereocenters. The van der Waals surface area contributed by atoms with E-state index < -0.39 is 0 Å². The highest BCUT2D eigenvalue weighted by atomic mass is 35.5. The lowest BCUT2D eigenvalue weighted by Crippen LogP contribution is -2.25. The van der Waals surface area contributed by atoms with Gasteiger partial charge in [-0.2, -0.15) is 0 Å². The molecule has 100 valence electrons. The fourth-order valence-corrected chi connectivity index (χ4v) is 2.05. The number of amides is 1. The monoisotopic (exact) mass is 291 g/mol. The zero-order valence-electron chi connectivity index (χ0n) is 10.3. The molecule has 0 aliphatic heterocycles.